The Labute approximate surface area is 170 Å². The molecule has 0 saturated carbocycles. The van der Waals surface area contributed by atoms with Gasteiger partial charge in [0.15, 0.2) is 0 Å². The maximum atomic E-state index is 12.5. The molecule has 156 valence electrons. The van der Waals surface area contributed by atoms with Crippen molar-refractivity contribution in [3.63, 3.8) is 0 Å². The maximum absolute atomic E-state index is 12.5. The van der Waals surface area contributed by atoms with E-state index in [1.54, 1.807) is 0 Å². The fourth-order valence-corrected chi connectivity index (χ4v) is 4.69. The van der Waals surface area contributed by atoms with E-state index in [-0.39, 0.29) is 11.3 Å². The van der Waals surface area contributed by atoms with Crippen molar-refractivity contribution in [1.82, 2.24) is 4.90 Å². The Morgan fingerprint density at radius 1 is 1.21 bits per heavy atom. The first kappa shape index (κ1) is 21.3. The molecule has 5 nitrogen and oxygen atoms in total. The van der Waals surface area contributed by atoms with E-state index in [4.69, 9.17) is 9.90 Å². The summed E-state index contributed by atoms with van der Waals surface area (Å²) in [6.45, 7) is 5.13. The van der Waals surface area contributed by atoms with E-state index in [0.717, 1.165) is 38.2 Å². The number of alkyl halides is 3. The minimum Gasteiger partial charge on any atom is -0.475 e. The number of nitrogens with one attached hydrogen (secondary N) is 1. The normalized spacial score (nSPS) is 18.0. The number of carbonyl (C=O) groups excluding carboxylic acids is 1. The third-order valence-electron chi connectivity index (χ3n) is 5.25. The molecule has 0 atom stereocenters. The number of carboxylic acids is 1. The predicted molar refractivity (Wildman–Crippen MR) is 104 cm³/mol. The molecule has 1 aromatic heterocycles. The number of carbonyl (C=O) groups is 2. The van der Waals surface area contributed by atoms with Gasteiger partial charge in [0.05, 0.1) is 5.41 Å². The number of thiophene rings is 1. The monoisotopic (exact) mass is 426 g/mol. The van der Waals surface area contributed by atoms with E-state index in [1.165, 1.54) is 15.3 Å². The predicted octanol–water partition coefficient (Wildman–Crippen LogP) is 4.18. The molecule has 3 heterocycles. The molecule has 1 aromatic carbocycles. The highest BCUT2D eigenvalue weighted by atomic mass is 32.1. The second-order valence-corrected chi connectivity index (χ2v) is 8.55. The molecule has 9 heteroatoms. The third-order valence-corrected chi connectivity index (χ3v) is 6.24. The molecular weight excluding hydrogens is 405 g/mol. The average Bonchev–Trinajstić information content (AvgIpc) is 3.18. The van der Waals surface area contributed by atoms with Crippen LogP contribution in [0.4, 0.5) is 18.9 Å². The molecule has 29 heavy (non-hydrogen) atoms. The number of para-hydroxylation sites is 1. The first-order valence-electron chi connectivity index (χ1n) is 9.10. The summed E-state index contributed by atoms with van der Waals surface area (Å²) in [6.07, 6.45) is -3.25. The average molecular weight is 426 g/mol. The van der Waals surface area contributed by atoms with Gasteiger partial charge in [-0.25, -0.2) is 4.79 Å². The topological polar surface area (TPSA) is 69.6 Å². The number of halogens is 3. The van der Waals surface area contributed by atoms with E-state index in [2.05, 4.69) is 35.3 Å². The van der Waals surface area contributed by atoms with Crippen molar-refractivity contribution >= 4 is 28.9 Å². The molecule has 2 aromatic rings. The van der Waals surface area contributed by atoms with Gasteiger partial charge >= 0.3 is 12.1 Å². The first-order valence-corrected chi connectivity index (χ1v) is 9.92. The van der Waals surface area contributed by atoms with Crippen LogP contribution in [0, 0.1) is 6.92 Å². The summed E-state index contributed by atoms with van der Waals surface area (Å²) in [4.78, 5) is 26.7. The van der Waals surface area contributed by atoms with Gasteiger partial charge in [0.25, 0.3) is 0 Å². The van der Waals surface area contributed by atoms with Crippen LogP contribution < -0.4 is 5.32 Å². The van der Waals surface area contributed by atoms with Crippen LogP contribution in [0.3, 0.4) is 0 Å². The van der Waals surface area contributed by atoms with Crippen molar-refractivity contribution in [2.24, 2.45) is 0 Å². The number of anilines is 1. The molecule has 1 saturated heterocycles. The highest BCUT2D eigenvalue weighted by Crippen LogP contribution is 2.44. The Morgan fingerprint density at radius 2 is 1.83 bits per heavy atom. The zero-order valence-electron chi connectivity index (χ0n) is 15.8. The molecule has 1 spiro atoms. The summed E-state index contributed by atoms with van der Waals surface area (Å²) in [6, 6.07) is 12.6. The molecule has 2 aliphatic heterocycles. The third kappa shape index (κ3) is 4.62. The quantitative estimate of drug-likeness (QED) is 0.756. The molecular formula is C20H21F3N2O3S. The minimum atomic E-state index is -5.08. The molecule has 0 unspecified atom stereocenters. The Bertz CT molecular complexity index is 902. The minimum absolute atomic E-state index is 0.195. The molecule has 0 radical (unpaired) electrons. The number of aliphatic carboxylic acids is 1. The lowest BCUT2D eigenvalue weighted by Gasteiger charge is -2.37. The lowest BCUT2D eigenvalue weighted by molar-refractivity contribution is -0.192. The van der Waals surface area contributed by atoms with Gasteiger partial charge in [0.2, 0.25) is 5.91 Å². The summed E-state index contributed by atoms with van der Waals surface area (Å²) in [7, 11) is 0. The number of rotatable bonds is 2. The fourth-order valence-electron chi connectivity index (χ4n) is 3.75. The Kier molecular flexibility index (Phi) is 6.00. The highest BCUT2D eigenvalue weighted by molar-refractivity contribution is 7.11. The van der Waals surface area contributed by atoms with Gasteiger partial charge in [0, 0.05) is 22.0 Å². The van der Waals surface area contributed by atoms with Gasteiger partial charge in [-0.3, -0.25) is 9.69 Å². The van der Waals surface area contributed by atoms with Crippen LogP contribution in [0.5, 0.6) is 0 Å². The molecule has 0 aliphatic carbocycles. The number of nitrogens with zero attached hydrogens (tertiary/aromatic N) is 1. The largest absolute Gasteiger partial charge is 0.490 e. The smallest absolute Gasteiger partial charge is 0.475 e. The van der Waals surface area contributed by atoms with Crippen molar-refractivity contribution < 1.29 is 27.9 Å². The number of amides is 1. The summed E-state index contributed by atoms with van der Waals surface area (Å²) in [5.74, 6) is -2.56. The number of likely N-dealkylation sites (tertiary alicyclic amines) is 1. The number of piperidine rings is 1. The molecule has 0 bridgehead atoms. The van der Waals surface area contributed by atoms with Gasteiger partial charge in [-0.05, 0) is 56.6 Å². The number of fused-ring (bicyclic) bond motifs is 2. The second kappa shape index (κ2) is 8.16. The SMILES string of the molecule is Cc1ccc(CN2CCC3(CC2)C(=O)Nc2ccccc23)s1.O=C(O)C(F)(F)F. The number of hydrogen-bond donors (Lipinski definition) is 2. The standard InChI is InChI=1S/C18H20N2OS.C2HF3O2/c1-13-6-7-14(22-13)12-20-10-8-18(9-11-20)15-4-2-3-5-16(15)19-17(18)21;3-2(4,5)1(6)7/h2-7H,8-12H2,1H3,(H,19,21);(H,6,7). The van der Waals surface area contributed by atoms with Crippen molar-refractivity contribution in [2.75, 3.05) is 18.4 Å². The lowest BCUT2D eigenvalue weighted by atomic mass is 9.73. The van der Waals surface area contributed by atoms with Crippen LogP contribution in [0.25, 0.3) is 0 Å². The maximum Gasteiger partial charge on any atom is 0.490 e. The summed E-state index contributed by atoms with van der Waals surface area (Å²) < 4.78 is 31.7. The summed E-state index contributed by atoms with van der Waals surface area (Å²) in [5.41, 5.74) is 1.92. The van der Waals surface area contributed by atoms with Crippen LogP contribution in [0.1, 0.15) is 28.2 Å². The van der Waals surface area contributed by atoms with Gasteiger partial charge in [-0.1, -0.05) is 18.2 Å². The molecule has 1 amide bonds. The number of aryl methyl sites for hydroxylation is 1. The van der Waals surface area contributed by atoms with Crippen LogP contribution in [0.2, 0.25) is 0 Å². The van der Waals surface area contributed by atoms with Crippen molar-refractivity contribution in [2.45, 2.75) is 37.9 Å². The van der Waals surface area contributed by atoms with E-state index < -0.39 is 12.1 Å². The lowest BCUT2D eigenvalue weighted by Crippen LogP contribution is -2.46. The molecule has 4 rings (SSSR count). The Hall–Kier alpha value is -2.39. The van der Waals surface area contributed by atoms with Gasteiger partial charge in [-0.15, -0.1) is 11.3 Å². The summed E-state index contributed by atoms with van der Waals surface area (Å²) >= 11 is 1.87. The molecule has 2 N–H and O–H groups in total. The van der Waals surface area contributed by atoms with Crippen LogP contribution >= 0.6 is 11.3 Å². The van der Waals surface area contributed by atoms with E-state index in [1.807, 2.05) is 29.5 Å². The van der Waals surface area contributed by atoms with Gasteiger partial charge < -0.3 is 10.4 Å². The van der Waals surface area contributed by atoms with Gasteiger partial charge in [-0.2, -0.15) is 13.2 Å². The van der Waals surface area contributed by atoms with E-state index in [9.17, 15) is 18.0 Å². The van der Waals surface area contributed by atoms with Crippen molar-refractivity contribution in [1.29, 1.82) is 0 Å². The zero-order chi connectivity index (χ0) is 21.2. The molecule has 1 fully saturated rings. The van der Waals surface area contributed by atoms with Crippen LogP contribution in [0.15, 0.2) is 36.4 Å². The summed E-state index contributed by atoms with van der Waals surface area (Å²) in [5, 5.41) is 10.2. The van der Waals surface area contributed by atoms with Gasteiger partial charge in [0.1, 0.15) is 0 Å². The second-order valence-electron chi connectivity index (χ2n) is 7.17. The Balaban J connectivity index is 0.000000298. The Morgan fingerprint density at radius 3 is 2.38 bits per heavy atom. The number of hydrogen-bond acceptors (Lipinski definition) is 4. The highest BCUT2D eigenvalue weighted by Gasteiger charge is 2.48. The van der Waals surface area contributed by atoms with Crippen LogP contribution in [-0.2, 0) is 21.5 Å². The molecule has 2 aliphatic rings. The van der Waals surface area contributed by atoms with E-state index in [0.29, 0.717) is 0 Å². The van der Waals surface area contributed by atoms with Crippen molar-refractivity contribution in [3.05, 3.63) is 51.7 Å². The zero-order valence-corrected chi connectivity index (χ0v) is 16.6. The number of benzene rings is 1. The van der Waals surface area contributed by atoms with E-state index >= 15 is 0 Å². The van der Waals surface area contributed by atoms with Crippen molar-refractivity contribution in [3.8, 4) is 0 Å². The fraction of sp³-hybridized carbons (Fsp3) is 0.400. The first-order chi connectivity index (χ1) is 13.6. The van der Waals surface area contributed by atoms with Crippen LogP contribution in [-0.4, -0.2) is 41.1 Å². The number of carboxylic acid groups (broad SMARTS) is 1.